The molecule has 4 heteroatoms. The Morgan fingerprint density at radius 1 is 0.600 bits per heavy atom. The van der Waals surface area contributed by atoms with Gasteiger partial charge in [-0.3, -0.25) is 20.4 Å². The Labute approximate surface area is 146 Å². The number of aryl methyl sites for hydroxylation is 1. The maximum atomic E-state index is 12.2. The maximum Gasteiger partial charge on any atom is 0.269 e. The van der Waals surface area contributed by atoms with Gasteiger partial charge in [0.1, 0.15) is 0 Å². The van der Waals surface area contributed by atoms with Crippen LogP contribution < -0.4 is 10.9 Å². The van der Waals surface area contributed by atoms with Crippen molar-refractivity contribution in [2.24, 2.45) is 0 Å². The molecule has 0 spiro atoms. The summed E-state index contributed by atoms with van der Waals surface area (Å²) >= 11 is 0. The molecule has 0 unspecified atom stereocenters. The molecular formula is C21H18N2O2. The van der Waals surface area contributed by atoms with Gasteiger partial charge in [0.05, 0.1) is 0 Å². The second-order valence-corrected chi connectivity index (χ2v) is 5.72. The van der Waals surface area contributed by atoms with Crippen LogP contribution in [0.1, 0.15) is 26.3 Å². The maximum absolute atomic E-state index is 12.2. The van der Waals surface area contributed by atoms with Crippen molar-refractivity contribution in [1.82, 2.24) is 10.9 Å². The Balaban J connectivity index is 1.61. The Morgan fingerprint density at radius 3 is 1.56 bits per heavy atom. The van der Waals surface area contributed by atoms with Crippen LogP contribution in [0, 0.1) is 6.92 Å². The first-order chi connectivity index (χ1) is 12.1. The quantitative estimate of drug-likeness (QED) is 0.719. The summed E-state index contributed by atoms with van der Waals surface area (Å²) < 4.78 is 0. The monoisotopic (exact) mass is 330 g/mol. The van der Waals surface area contributed by atoms with Crippen LogP contribution in [0.4, 0.5) is 0 Å². The van der Waals surface area contributed by atoms with E-state index >= 15 is 0 Å². The minimum atomic E-state index is -0.361. The zero-order chi connectivity index (χ0) is 17.6. The Hall–Kier alpha value is -3.40. The van der Waals surface area contributed by atoms with Gasteiger partial charge < -0.3 is 0 Å². The van der Waals surface area contributed by atoms with E-state index in [2.05, 4.69) is 10.9 Å². The first-order valence-electron chi connectivity index (χ1n) is 7.96. The van der Waals surface area contributed by atoms with Crippen molar-refractivity contribution in [3.8, 4) is 11.1 Å². The van der Waals surface area contributed by atoms with Gasteiger partial charge in [-0.2, -0.15) is 0 Å². The van der Waals surface area contributed by atoms with E-state index in [0.717, 1.165) is 16.7 Å². The van der Waals surface area contributed by atoms with Gasteiger partial charge >= 0.3 is 0 Å². The number of nitrogens with one attached hydrogen (secondary N) is 2. The van der Waals surface area contributed by atoms with Crippen molar-refractivity contribution in [1.29, 1.82) is 0 Å². The molecule has 3 aromatic rings. The summed E-state index contributed by atoms with van der Waals surface area (Å²) in [7, 11) is 0. The molecule has 0 aliphatic rings. The fourth-order valence-corrected chi connectivity index (χ4v) is 2.41. The standard InChI is InChI=1S/C21H18N2O2/c1-15-7-9-18(10-8-15)20(24)22-23-21(25)19-13-11-17(12-14-19)16-5-3-2-4-6-16/h2-14H,1H3,(H,22,24)(H,23,25). The van der Waals surface area contributed by atoms with Crippen molar-refractivity contribution in [3.63, 3.8) is 0 Å². The van der Waals surface area contributed by atoms with Crippen LogP contribution in [0.5, 0.6) is 0 Å². The summed E-state index contributed by atoms with van der Waals surface area (Å²) in [5.74, 6) is -0.714. The van der Waals surface area contributed by atoms with Crippen molar-refractivity contribution in [3.05, 3.63) is 95.6 Å². The third-order valence-corrected chi connectivity index (χ3v) is 3.86. The predicted molar refractivity (Wildman–Crippen MR) is 98.0 cm³/mol. The summed E-state index contributed by atoms with van der Waals surface area (Å²) in [6, 6.07) is 24.3. The topological polar surface area (TPSA) is 58.2 Å². The lowest BCUT2D eigenvalue weighted by molar-refractivity contribution is 0.0846. The number of amides is 2. The fourth-order valence-electron chi connectivity index (χ4n) is 2.41. The van der Waals surface area contributed by atoms with Crippen LogP contribution in [0.15, 0.2) is 78.9 Å². The van der Waals surface area contributed by atoms with Crippen LogP contribution >= 0.6 is 0 Å². The Kier molecular flexibility index (Phi) is 4.90. The number of rotatable bonds is 3. The van der Waals surface area contributed by atoms with Crippen LogP contribution in [-0.4, -0.2) is 11.8 Å². The molecule has 0 heterocycles. The minimum Gasteiger partial charge on any atom is -0.267 e. The molecule has 124 valence electrons. The molecule has 0 aromatic heterocycles. The molecule has 0 aliphatic carbocycles. The number of carbonyl (C=O) groups is 2. The van der Waals surface area contributed by atoms with Crippen molar-refractivity contribution < 1.29 is 9.59 Å². The van der Waals surface area contributed by atoms with Crippen LogP contribution in [0.25, 0.3) is 11.1 Å². The summed E-state index contributed by atoms with van der Waals surface area (Å²) in [6.07, 6.45) is 0. The summed E-state index contributed by atoms with van der Waals surface area (Å²) in [6.45, 7) is 1.95. The normalized spacial score (nSPS) is 10.1. The fraction of sp³-hybridized carbons (Fsp3) is 0.0476. The zero-order valence-electron chi connectivity index (χ0n) is 13.8. The number of hydrazine groups is 1. The average Bonchev–Trinajstić information content (AvgIpc) is 2.67. The second kappa shape index (κ2) is 7.45. The molecule has 2 N–H and O–H groups in total. The number of benzene rings is 3. The van der Waals surface area contributed by atoms with Gasteiger partial charge in [-0.05, 0) is 42.3 Å². The molecule has 0 aliphatic heterocycles. The lowest BCUT2D eigenvalue weighted by Gasteiger charge is -2.08. The van der Waals surface area contributed by atoms with Crippen molar-refractivity contribution >= 4 is 11.8 Å². The number of carbonyl (C=O) groups excluding carboxylic acids is 2. The lowest BCUT2D eigenvalue weighted by Crippen LogP contribution is -2.41. The van der Waals surface area contributed by atoms with Crippen molar-refractivity contribution in [2.75, 3.05) is 0 Å². The molecule has 3 rings (SSSR count). The van der Waals surface area contributed by atoms with E-state index in [1.807, 2.05) is 61.5 Å². The molecule has 3 aromatic carbocycles. The first kappa shape index (κ1) is 16.5. The van der Waals surface area contributed by atoms with Gasteiger partial charge in [0.15, 0.2) is 0 Å². The highest BCUT2D eigenvalue weighted by Crippen LogP contribution is 2.19. The SMILES string of the molecule is Cc1ccc(C(=O)NNC(=O)c2ccc(-c3ccccc3)cc2)cc1. The van der Waals surface area contributed by atoms with Gasteiger partial charge in [-0.25, -0.2) is 0 Å². The zero-order valence-corrected chi connectivity index (χ0v) is 13.8. The molecular weight excluding hydrogens is 312 g/mol. The molecule has 0 bridgehead atoms. The highest BCUT2D eigenvalue weighted by Gasteiger charge is 2.09. The Morgan fingerprint density at radius 2 is 1.04 bits per heavy atom. The van der Waals surface area contributed by atoms with Crippen molar-refractivity contribution in [2.45, 2.75) is 6.92 Å². The summed E-state index contributed by atoms with van der Waals surface area (Å²) in [5, 5.41) is 0. The van der Waals surface area contributed by atoms with E-state index in [-0.39, 0.29) is 11.8 Å². The van der Waals surface area contributed by atoms with Gasteiger partial charge in [-0.15, -0.1) is 0 Å². The summed E-state index contributed by atoms with van der Waals surface area (Å²) in [5.41, 5.74) is 9.01. The third-order valence-electron chi connectivity index (χ3n) is 3.86. The molecule has 0 atom stereocenters. The van der Waals surface area contributed by atoms with E-state index in [1.54, 1.807) is 24.3 Å². The Bertz CT molecular complexity index is 870. The van der Waals surface area contributed by atoms with E-state index in [1.165, 1.54) is 0 Å². The third kappa shape index (κ3) is 4.12. The predicted octanol–water partition coefficient (Wildman–Crippen LogP) is 3.74. The van der Waals surface area contributed by atoms with Gasteiger partial charge in [0.2, 0.25) is 0 Å². The van der Waals surface area contributed by atoms with E-state index < -0.39 is 0 Å². The minimum absolute atomic E-state index is 0.353. The highest BCUT2D eigenvalue weighted by atomic mass is 16.2. The smallest absolute Gasteiger partial charge is 0.267 e. The summed E-state index contributed by atoms with van der Waals surface area (Å²) in [4.78, 5) is 24.2. The van der Waals surface area contributed by atoms with Crippen LogP contribution in [-0.2, 0) is 0 Å². The molecule has 0 saturated heterocycles. The molecule has 2 amide bonds. The molecule has 0 fully saturated rings. The average molecular weight is 330 g/mol. The first-order valence-corrected chi connectivity index (χ1v) is 7.96. The van der Waals surface area contributed by atoms with E-state index in [9.17, 15) is 9.59 Å². The molecule has 0 radical (unpaired) electrons. The van der Waals surface area contributed by atoms with Gasteiger partial charge in [0.25, 0.3) is 11.8 Å². The highest BCUT2D eigenvalue weighted by molar-refractivity contribution is 5.99. The number of hydrogen-bond donors (Lipinski definition) is 2. The lowest BCUT2D eigenvalue weighted by atomic mass is 10.0. The molecule has 4 nitrogen and oxygen atoms in total. The van der Waals surface area contributed by atoms with Gasteiger partial charge in [-0.1, -0.05) is 60.2 Å². The second-order valence-electron chi connectivity index (χ2n) is 5.72. The van der Waals surface area contributed by atoms with E-state index in [4.69, 9.17) is 0 Å². The number of hydrogen-bond acceptors (Lipinski definition) is 2. The van der Waals surface area contributed by atoms with Crippen LogP contribution in [0.3, 0.4) is 0 Å². The largest absolute Gasteiger partial charge is 0.269 e. The van der Waals surface area contributed by atoms with E-state index in [0.29, 0.717) is 11.1 Å². The molecule has 0 saturated carbocycles. The van der Waals surface area contributed by atoms with Gasteiger partial charge in [0, 0.05) is 11.1 Å². The molecule has 25 heavy (non-hydrogen) atoms. The van der Waals surface area contributed by atoms with Crippen LogP contribution in [0.2, 0.25) is 0 Å².